The molecule has 0 atom stereocenters. The van der Waals surface area contributed by atoms with E-state index in [-0.39, 0.29) is 18.2 Å². The van der Waals surface area contributed by atoms with Gasteiger partial charge in [-0.25, -0.2) is 0 Å². The van der Waals surface area contributed by atoms with Gasteiger partial charge in [0.2, 0.25) is 0 Å². The normalized spacial score (nSPS) is 10.6. The van der Waals surface area contributed by atoms with Gasteiger partial charge < -0.3 is 14.4 Å². The first kappa shape index (κ1) is 20.3. The zero-order valence-corrected chi connectivity index (χ0v) is 15.9. The van der Waals surface area contributed by atoms with Gasteiger partial charge in [-0.1, -0.05) is 42.5 Å². The number of carbonyl (C=O) groups excluding carboxylic acids is 1. The predicted octanol–water partition coefficient (Wildman–Crippen LogP) is 5.14. The topological polar surface area (TPSA) is 38.8 Å². The molecular weight excluding hydrogens is 376 g/mol. The summed E-state index contributed by atoms with van der Waals surface area (Å²) < 4.78 is 34.8. The minimum absolute atomic E-state index is 0.0705. The van der Waals surface area contributed by atoms with Crippen molar-refractivity contribution in [3.63, 3.8) is 0 Å². The molecule has 0 fully saturated rings. The van der Waals surface area contributed by atoms with Gasteiger partial charge >= 0.3 is 6.61 Å². The standard InChI is InChI=1S/C23H21F2NO3/c1-26(15-18-6-5-9-21(14-18)29-23(24)25)22(27)19-12-10-17(11-13-19)16-28-20-7-3-2-4-8-20/h2-14,23H,15-16H2,1H3. The first-order chi connectivity index (χ1) is 14.0. The van der Waals surface area contributed by atoms with Crippen LogP contribution in [0.25, 0.3) is 0 Å². The Balaban J connectivity index is 1.58. The average molecular weight is 397 g/mol. The summed E-state index contributed by atoms with van der Waals surface area (Å²) in [6.45, 7) is -2.20. The Morgan fingerprint density at radius 3 is 2.28 bits per heavy atom. The number of ether oxygens (including phenoxy) is 2. The molecule has 0 N–H and O–H groups in total. The summed E-state index contributed by atoms with van der Waals surface area (Å²) in [5.74, 6) is 0.687. The van der Waals surface area contributed by atoms with Crippen molar-refractivity contribution in [2.24, 2.45) is 0 Å². The predicted molar refractivity (Wildman–Crippen MR) is 106 cm³/mol. The van der Waals surface area contributed by atoms with Crippen LogP contribution in [-0.4, -0.2) is 24.5 Å². The lowest BCUT2D eigenvalue weighted by molar-refractivity contribution is -0.0499. The third-order valence-corrected chi connectivity index (χ3v) is 4.24. The lowest BCUT2D eigenvalue weighted by atomic mass is 10.1. The molecule has 0 aromatic heterocycles. The number of para-hydroxylation sites is 1. The minimum Gasteiger partial charge on any atom is -0.489 e. The van der Waals surface area contributed by atoms with E-state index >= 15 is 0 Å². The molecule has 0 bridgehead atoms. The SMILES string of the molecule is CN(Cc1cccc(OC(F)F)c1)C(=O)c1ccc(COc2ccccc2)cc1. The summed E-state index contributed by atoms with van der Waals surface area (Å²) in [4.78, 5) is 14.2. The number of rotatable bonds is 8. The molecule has 0 unspecified atom stereocenters. The molecule has 0 aliphatic rings. The number of halogens is 2. The van der Waals surface area contributed by atoms with Crippen LogP contribution >= 0.6 is 0 Å². The first-order valence-corrected chi connectivity index (χ1v) is 9.07. The lowest BCUT2D eigenvalue weighted by Crippen LogP contribution is -2.26. The van der Waals surface area contributed by atoms with Crippen molar-refractivity contribution < 1.29 is 23.0 Å². The minimum atomic E-state index is -2.88. The second kappa shape index (κ2) is 9.68. The molecule has 150 valence electrons. The van der Waals surface area contributed by atoms with E-state index in [4.69, 9.17) is 4.74 Å². The molecule has 1 amide bonds. The lowest BCUT2D eigenvalue weighted by Gasteiger charge is -2.18. The fourth-order valence-corrected chi connectivity index (χ4v) is 2.81. The Hall–Kier alpha value is -3.41. The molecule has 0 saturated carbocycles. The largest absolute Gasteiger partial charge is 0.489 e. The van der Waals surface area contributed by atoms with Crippen LogP contribution in [0.15, 0.2) is 78.9 Å². The van der Waals surface area contributed by atoms with Crippen LogP contribution in [0.4, 0.5) is 8.78 Å². The van der Waals surface area contributed by atoms with E-state index < -0.39 is 6.61 Å². The van der Waals surface area contributed by atoms with Crippen LogP contribution in [0.2, 0.25) is 0 Å². The quantitative estimate of drug-likeness (QED) is 0.528. The molecule has 0 heterocycles. The fourth-order valence-electron chi connectivity index (χ4n) is 2.81. The molecule has 0 spiro atoms. The second-order valence-corrected chi connectivity index (χ2v) is 6.49. The van der Waals surface area contributed by atoms with Crippen molar-refractivity contribution in [1.29, 1.82) is 0 Å². The van der Waals surface area contributed by atoms with Gasteiger partial charge in [-0.15, -0.1) is 0 Å². The van der Waals surface area contributed by atoms with Crippen LogP contribution in [0, 0.1) is 0 Å². The van der Waals surface area contributed by atoms with Crippen molar-refractivity contribution in [2.75, 3.05) is 7.05 Å². The number of hydrogen-bond acceptors (Lipinski definition) is 3. The monoisotopic (exact) mass is 397 g/mol. The number of hydrogen-bond donors (Lipinski definition) is 0. The number of benzene rings is 3. The number of alkyl halides is 2. The maximum atomic E-state index is 12.6. The average Bonchev–Trinajstić information content (AvgIpc) is 2.72. The third-order valence-electron chi connectivity index (χ3n) is 4.24. The van der Waals surface area contributed by atoms with Crippen molar-refractivity contribution >= 4 is 5.91 Å². The maximum Gasteiger partial charge on any atom is 0.387 e. The van der Waals surface area contributed by atoms with Gasteiger partial charge in [-0.2, -0.15) is 8.78 Å². The zero-order chi connectivity index (χ0) is 20.6. The summed E-state index contributed by atoms with van der Waals surface area (Å²) >= 11 is 0. The van der Waals surface area contributed by atoms with E-state index in [1.807, 2.05) is 42.5 Å². The van der Waals surface area contributed by atoms with Crippen molar-refractivity contribution in [1.82, 2.24) is 4.90 Å². The van der Waals surface area contributed by atoms with E-state index in [0.29, 0.717) is 17.7 Å². The smallest absolute Gasteiger partial charge is 0.387 e. The van der Waals surface area contributed by atoms with Gasteiger partial charge in [-0.05, 0) is 47.5 Å². The maximum absolute atomic E-state index is 12.6. The molecule has 4 nitrogen and oxygen atoms in total. The molecular formula is C23H21F2NO3. The van der Waals surface area contributed by atoms with Crippen molar-refractivity contribution in [3.8, 4) is 11.5 Å². The van der Waals surface area contributed by atoms with Crippen LogP contribution in [0.3, 0.4) is 0 Å². The molecule has 0 radical (unpaired) electrons. The Labute approximate surface area is 168 Å². The molecule has 3 rings (SSSR count). The Morgan fingerprint density at radius 1 is 0.897 bits per heavy atom. The highest BCUT2D eigenvalue weighted by atomic mass is 19.3. The highest BCUT2D eigenvalue weighted by Crippen LogP contribution is 2.18. The van der Waals surface area contributed by atoms with E-state index in [9.17, 15) is 13.6 Å². The van der Waals surface area contributed by atoms with E-state index in [2.05, 4.69) is 4.74 Å². The molecule has 0 aliphatic heterocycles. The van der Waals surface area contributed by atoms with Crippen LogP contribution in [0.1, 0.15) is 21.5 Å². The van der Waals surface area contributed by atoms with Crippen LogP contribution in [0.5, 0.6) is 11.5 Å². The van der Waals surface area contributed by atoms with Gasteiger partial charge in [-0.3, -0.25) is 4.79 Å². The van der Waals surface area contributed by atoms with Crippen LogP contribution in [-0.2, 0) is 13.2 Å². The highest BCUT2D eigenvalue weighted by Gasteiger charge is 2.13. The fraction of sp³-hybridized carbons (Fsp3) is 0.174. The van der Waals surface area contributed by atoms with E-state index in [1.165, 1.54) is 17.0 Å². The summed E-state index contributed by atoms with van der Waals surface area (Å²) in [5, 5.41) is 0. The Kier molecular flexibility index (Phi) is 6.79. The van der Waals surface area contributed by atoms with Crippen molar-refractivity contribution in [2.45, 2.75) is 19.8 Å². The van der Waals surface area contributed by atoms with Crippen molar-refractivity contribution in [3.05, 3.63) is 95.6 Å². The zero-order valence-electron chi connectivity index (χ0n) is 15.9. The second-order valence-electron chi connectivity index (χ2n) is 6.49. The summed E-state index contributed by atoms with van der Waals surface area (Å²) in [6, 6.07) is 23.0. The van der Waals surface area contributed by atoms with Gasteiger partial charge in [0.1, 0.15) is 18.1 Å². The summed E-state index contributed by atoms with van der Waals surface area (Å²) in [6.07, 6.45) is 0. The summed E-state index contributed by atoms with van der Waals surface area (Å²) in [7, 11) is 1.66. The summed E-state index contributed by atoms with van der Waals surface area (Å²) in [5.41, 5.74) is 2.19. The molecule has 6 heteroatoms. The molecule has 0 saturated heterocycles. The molecule has 3 aromatic carbocycles. The molecule has 3 aromatic rings. The van der Waals surface area contributed by atoms with E-state index in [1.54, 1.807) is 31.3 Å². The van der Waals surface area contributed by atoms with Gasteiger partial charge in [0, 0.05) is 19.2 Å². The van der Waals surface area contributed by atoms with Crippen LogP contribution < -0.4 is 9.47 Å². The van der Waals surface area contributed by atoms with Gasteiger partial charge in [0.05, 0.1) is 0 Å². The third kappa shape index (κ3) is 6.04. The Morgan fingerprint density at radius 2 is 1.59 bits per heavy atom. The molecule has 29 heavy (non-hydrogen) atoms. The number of amides is 1. The molecule has 0 aliphatic carbocycles. The van der Waals surface area contributed by atoms with E-state index in [0.717, 1.165) is 11.3 Å². The Bertz CT molecular complexity index is 930. The van der Waals surface area contributed by atoms with Gasteiger partial charge in [0.15, 0.2) is 0 Å². The highest BCUT2D eigenvalue weighted by molar-refractivity contribution is 5.94. The first-order valence-electron chi connectivity index (χ1n) is 9.07. The van der Waals surface area contributed by atoms with Gasteiger partial charge in [0.25, 0.3) is 5.91 Å². The number of nitrogens with zero attached hydrogens (tertiary/aromatic N) is 1. The number of carbonyl (C=O) groups is 1.